The van der Waals surface area contributed by atoms with E-state index in [2.05, 4.69) is 32.0 Å². The summed E-state index contributed by atoms with van der Waals surface area (Å²) in [6, 6.07) is 3.28. The van der Waals surface area contributed by atoms with Gasteiger partial charge in [0.05, 0.1) is 11.0 Å². The van der Waals surface area contributed by atoms with Crippen molar-refractivity contribution >= 4 is 22.5 Å². The Bertz CT molecular complexity index is 850. The summed E-state index contributed by atoms with van der Waals surface area (Å²) in [5.41, 5.74) is 2.78. The molecular formula is C15H17FN6. The fourth-order valence-corrected chi connectivity index (χ4v) is 2.90. The zero-order valence-electron chi connectivity index (χ0n) is 12.6. The molecule has 6 nitrogen and oxygen atoms in total. The van der Waals surface area contributed by atoms with E-state index in [4.69, 9.17) is 0 Å². The van der Waals surface area contributed by atoms with Gasteiger partial charge in [-0.3, -0.25) is 4.40 Å². The molecule has 1 aliphatic heterocycles. The van der Waals surface area contributed by atoms with Crippen molar-refractivity contribution in [1.29, 1.82) is 0 Å². The first kappa shape index (κ1) is 13.4. The fraction of sp³-hybridized carbons (Fsp3) is 0.400. The third-order valence-corrected chi connectivity index (χ3v) is 4.29. The first-order chi connectivity index (χ1) is 10.6. The first-order valence-corrected chi connectivity index (χ1v) is 7.36. The predicted octanol–water partition coefficient (Wildman–Crippen LogP) is 1.48. The second-order valence-electron chi connectivity index (χ2n) is 5.84. The molecule has 0 unspecified atom stereocenters. The lowest BCUT2D eigenvalue weighted by molar-refractivity contribution is 0.312. The minimum Gasteiger partial charge on any atom is -0.351 e. The van der Waals surface area contributed by atoms with Crippen LogP contribution >= 0.6 is 0 Å². The van der Waals surface area contributed by atoms with Crippen molar-refractivity contribution in [1.82, 2.24) is 24.5 Å². The van der Waals surface area contributed by atoms with Gasteiger partial charge in [0.2, 0.25) is 5.65 Å². The minimum atomic E-state index is -0.239. The molecule has 2 aromatic heterocycles. The molecule has 0 N–H and O–H groups in total. The SMILES string of the molecule is Cc1cc2c(cc1F)nc(N1CCN(C)CC1)c1nncn12. The van der Waals surface area contributed by atoms with Crippen molar-refractivity contribution in [3.8, 4) is 0 Å². The highest BCUT2D eigenvalue weighted by atomic mass is 19.1. The summed E-state index contributed by atoms with van der Waals surface area (Å²) in [6.07, 6.45) is 1.66. The number of nitrogens with zero attached hydrogens (tertiary/aromatic N) is 6. The van der Waals surface area contributed by atoms with E-state index in [1.165, 1.54) is 6.07 Å². The summed E-state index contributed by atoms with van der Waals surface area (Å²) >= 11 is 0. The summed E-state index contributed by atoms with van der Waals surface area (Å²) in [7, 11) is 2.11. The van der Waals surface area contributed by atoms with Crippen LogP contribution in [0.4, 0.5) is 10.2 Å². The molecule has 4 rings (SSSR count). The summed E-state index contributed by atoms with van der Waals surface area (Å²) < 4.78 is 15.8. The molecule has 0 amide bonds. The number of likely N-dealkylation sites (N-methyl/N-ethyl adjacent to an activating group) is 1. The second kappa shape index (κ2) is 4.88. The number of hydrogen-bond acceptors (Lipinski definition) is 5. The van der Waals surface area contributed by atoms with Crippen molar-refractivity contribution in [2.75, 3.05) is 38.1 Å². The van der Waals surface area contributed by atoms with Gasteiger partial charge < -0.3 is 9.80 Å². The third kappa shape index (κ3) is 2.00. The Morgan fingerprint density at radius 2 is 1.91 bits per heavy atom. The molecule has 0 saturated carbocycles. The molecule has 1 aromatic carbocycles. The number of aromatic nitrogens is 4. The Hall–Kier alpha value is -2.28. The standard InChI is InChI=1S/C15H17FN6/c1-10-7-13-12(8-11(10)16)18-14(15-19-17-9-22(13)15)21-5-3-20(2)4-6-21/h7-9H,3-6H2,1-2H3. The van der Waals surface area contributed by atoms with Gasteiger partial charge in [-0.15, -0.1) is 10.2 Å². The van der Waals surface area contributed by atoms with Crippen LogP contribution in [0.25, 0.3) is 16.7 Å². The number of benzene rings is 1. The quantitative estimate of drug-likeness (QED) is 0.681. The highest BCUT2D eigenvalue weighted by Crippen LogP contribution is 2.25. The second-order valence-corrected chi connectivity index (χ2v) is 5.84. The Morgan fingerprint density at radius 3 is 2.68 bits per heavy atom. The fourth-order valence-electron chi connectivity index (χ4n) is 2.90. The molecule has 1 saturated heterocycles. The summed E-state index contributed by atoms with van der Waals surface area (Å²) in [6.45, 7) is 5.46. The van der Waals surface area contributed by atoms with E-state index in [-0.39, 0.29) is 5.82 Å². The Kier molecular flexibility index (Phi) is 2.97. The smallest absolute Gasteiger partial charge is 0.204 e. The molecule has 7 heteroatoms. The predicted molar refractivity (Wildman–Crippen MR) is 82.7 cm³/mol. The Balaban J connectivity index is 1.93. The van der Waals surface area contributed by atoms with Crippen LogP contribution < -0.4 is 4.90 Å². The van der Waals surface area contributed by atoms with E-state index in [1.807, 2.05) is 4.40 Å². The lowest BCUT2D eigenvalue weighted by atomic mass is 10.2. The number of rotatable bonds is 1. The van der Waals surface area contributed by atoms with Crippen LogP contribution in [0.2, 0.25) is 0 Å². The number of halogens is 1. The molecule has 0 aliphatic carbocycles. The van der Waals surface area contributed by atoms with Crippen LogP contribution in [0.15, 0.2) is 18.5 Å². The highest BCUT2D eigenvalue weighted by molar-refractivity contribution is 5.83. The van der Waals surface area contributed by atoms with Crippen molar-refractivity contribution in [2.45, 2.75) is 6.92 Å². The molecule has 1 fully saturated rings. The molecule has 1 aliphatic rings. The molecule has 0 radical (unpaired) electrons. The molecule has 22 heavy (non-hydrogen) atoms. The molecular weight excluding hydrogens is 283 g/mol. The van der Waals surface area contributed by atoms with Crippen LogP contribution in [0.3, 0.4) is 0 Å². The lowest BCUT2D eigenvalue weighted by Crippen LogP contribution is -2.45. The van der Waals surface area contributed by atoms with Crippen LogP contribution in [0.5, 0.6) is 0 Å². The maximum Gasteiger partial charge on any atom is 0.204 e. The monoisotopic (exact) mass is 300 g/mol. The average molecular weight is 300 g/mol. The largest absolute Gasteiger partial charge is 0.351 e. The maximum absolute atomic E-state index is 13.9. The maximum atomic E-state index is 13.9. The normalized spacial score (nSPS) is 16.8. The minimum absolute atomic E-state index is 0.239. The zero-order valence-corrected chi connectivity index (χ0v) is 12.6. The number of fused-ring (bicyclic) bond motifs is 3. The lowest BCUT2D eigenvalue weighted by Gasteiger charge is -2.33. The van der Waals surface area contributed by atoms with Crippen molar-refractivity contribution < 1.29 is 4.39 Å². The van der Waals surface area contributed by atoms with Gasteiger partial charge in [-0.1, -0.05) is 0 Å². The molecule has 3 heterocycles. The van der Waals surface area contributed by atoms with Gasteiger partial charge in [0.25, 0.3) is 0 Å². The number of aryl methyl sites for hydroxylation is 1. The Morgan fingerprint density at radius 1 is 1.14 bits per heavy atom. The van der Waals surface area contributed by atoms with Gasteiger partial charge in [-0.2, -0.15) is 0 Å². The average Bonchev–Trinajstić information content (AvgIpc) is 2.99. The van der Waals surface area contributed by atoms with Crippen LogP contribution in [0, 0.1) is 12.7 Å². The van der Waals surface area contributed by atoms with Crippen LogP contribution in [-0.2, 0) is 0 Å². The van der Waals surface area contributed by atoms with Gasteiger partial charge in [0.1, 0.15) is 12.1 Å². The summed E-state index contributed by atoms with van der Waals surface area (Å²) in [5, 5.41) is 8.23. The first-order valence-electron chi connectivity index (χ1n) is 7.36. The van der Waals surface area contributed by atoms with E-state index in [1.54, 1.807) is 19.3 Å². The van der Waals surface area contributed by atoms with E-state index >= 15 is 0 Å². The third-order valence-electron chi connectivity index (χ3n) is 4.29. The number of piperazine rings is 1. The van der Waals surface area contributed by atoms with Gasteiger partial charge in [-0.05, 0) is 25.6 Å². The van der Waals surface area contributed by atoms with Gasteiger partial charge in [-0.25, -0.2) is 9.37 Å². The Labute approximate surface area is 127 Å². The van der Waals surface area contributed by atoms with Crippen molar-refractivity contribution in [2.24, 2.45) is 0 Å². The topological polar surface area (TPSA) is 49.6 Å². The zero-order chi connectivity index (χ0) is 15.3. The molecule has 0 atom stereocenters. The van der Waals surface area contributed by atoms with Crippen LogP contribution in [-0.4, -0.2) is 57.7 Å². The van der Waals surface area contributed by atoms with E-state index in [9.17, 15) is 4.39 Å². The van der Waals surface area contributed by atoms with Crippen molar-refractivity contribution in [3.05, 3.63) is 29.8 Å². The van der Waals surface area contributed by atoms with Gasteiger partial charge in [0, 0.05) is 32.2 Å². The molecule has 3 aromatic rings. The summed E-state index contributed by atoms with van der Waals surface area (Å²) in [5.74, 6) is 0.540. The van der Waals surface area contributed by atoms with Gasteiger partial charge in [0.15, 0.2) is 5.82 Å². The molecule has 0 bridgehead atoms. The van der Waals surface area contributed by atoms with E-state index < -0.39 is 0 Å². The highest BCUT2D eigenvalue weighted by Gasteiger charge is 2.20. The number of hydrogen-bond donors (Lipinski definition) is 0. The molecule has 114 valence electrons. The van der Waals surface area contributed by atoms with Gasteiger partial charge >= 0.3 is 0 Å². The van der Waals surface area contributed by atoms with E-state index in [0.29, 0.717) is 11.1 Å². The van der Waals surface area contributed by atoms with Crippen molar-refractivity contribution in [3.63, 3.8) is 0 Å². The molecule has 0 spiro atoms. The summed E-state index contributed by atoms with van der Waals surface area (Å²) in [4.78, 5) is 9.15. The van der Waals surface area contributed by atoms with E-state index in [0.717, 1.165) is 43.2 Å². The van der Waals surface area contributed by atoms with Crippen LogP contribution in [0.1, 0.15) is 5.56 Å². The number of anilines is 1.